The van der Waals surface area contributed by atoms with Gasteiger partial charge in [-0.15, -0.1) is 0 Å². The molecule has 1 unspecified atom stereocenters. The molecule has 0 amide bonds. The molecule has 0 aromatic carbocycles. The lowest BCUT2D eigenvalue weighted by Gasteiger charge is -2.20. The van der Waals surface area contributed by atoms with Crippen LogP contribution in [0, 0.1) is 17.8 Å². The predicted octanol–water partition coefficient (Wildman–Crippen LogP) is 4.32. The third kappa shape index (κ3) is 3.22. The van der Waals surface area contributed by atoms with Crippen LogP contribution in [-0.4, -0.2) is 0 Å². The third-order valence-electron chi connectivity index (χ3n) is 3.02. The van der Waals surface area contributed by atoms with E-state index in [1.165, 1.54) is 43.3 Å². The van der Waals surface area contributed by atoms with Crippen LogP contribution in [0.15, 0.2) is 11.1 Å². The zero-order valence-electron chi connectivity index (χ0n) is 9.82. The van der Waals surface area contributed by atoms with Gasteiger partial charge in [-0.2, -0.15) is 0 Å². The molecule has 14 heavy (non-hydrogen) atoms. The molecule has 0 aromatic heterocycles. The van der Waals surface area contributed by atoms with Gasteiger partial charge < -0.3 is 0 Å². The molecule has 0 heteroatoms. The molecule has 1 aliphatic rings. The average molecular weight is 190 g/mol. The molecule has 1 aliphatic carbocycles. The van der Waals surface area contributed by atoms with E-state index in [0.717, 1.165) is 6.42 Å². The summed E-state index contributed by atoms with van der Waals surface area (Å²) in [7, 11) is 0. The van der Waals surface area contributed by atoms with Crippen molar-refractivity contribution in [2.24, 2.45) is 5.92 Å². The number of rotatable bonds is 2. The molecule has 1 atom stereocenters. The number of unbranched alkanes of at least 4 members (excludes halogenated alkanes) is 2. The zero-order chi connectivity index (χ0) is 10.4. The van der Waals surface area contributed by atoms with Crippen LogP contribution in [0.4, 0.5) is 0 Å². The minimum Gasteiger partial charge on any atom is -0.0982 e. The van der Waals surface area contributed by atoms with E-state index < -0.39 is 0 Å². The van der Waals surface area contributed by atoms with Crippen LogP contribution in [0.3, 0.4) is 0 Å². The SMILES string of the molecule is CCCCC#CC1=C(C)CCCC1C. The fourth-order valence-corrected chi connectivity index (χ4v) is 2.03. The molecule has 0 nitrogen and oxygen atoms in total. The number of hydrogen-bond donors (Lipinski definition) is 0. The van der Waals surface area contributed by atoms with E-state index in [2.05, 4.69) is 32.6 Å². The van der Waals surface area contributed by atoms with Gasteiger partial charge in [-0.3, -0.25) is 0 Å². The highest BCUT2D eigenvalue weighted by molar-refractivity contribution is 5.36. The molecular formula is C14H22. The highest BCUT2D eigenvalue weighted by Gasteiger charge is 2.14. The van der Waals surface area contributed by atoms with Gasteiger partial charge in [0.15, 0.2) is 0 Å². The van der Waals surface area contributed by atoms with Gasteiger partial charge >= 0.3 is 0 Å². The highest BCUT2D eigenvalue weighted by Crippen LogP contribution is 2.28. The largest absolute Gasteiger partial charge is 0.0982 e. The Labute approximate surface area is 88.8 Å². The summed E-state index contributed by atoms with van der Waals surface area (Å²) in [5, 5.41) is 0. The minimum absolute atomic E-state index is 0.706. The molecule has 78 valence electrons. The fourth-order valence-electron chi connectivity index (χ4n) is 2.03. The number of hydrogen-bond acceptors (Lipinski definition) is 0. The average Bonchev–Trinajstić information content (AvgIpc) is 2.16. The van der Waals surface area contributed by atoms with Gasteiger partial charge in [0.2, 0.25) is 0 Å². The van der Waals surface area contributed by atoms with Gasteiger partial charge in [-0.1, -0.05) is 37.7 Å². The summed E-state index contributed by atoms with van der Waals surface area (Å²) >= 11 is 0. The van der Waals surface area contributed by atoms with Crippen molar-refractivity contribution in [1.82, 2.24) is 0 Å². The summed E-state index contributed by atoms with van der Waals surface area (Å²) in [6.45, 7) is 6.78. The van der Waals surface area contributed by atoms with E-state index in [1.807, 2.05) is 0 Å². The molecule has 0 bridgehead atoms. The first-order valence-electron chi connectivity index (χ1n) is 5.94. The lowest BCUT2D eigenvalue weighted by molar-refractivity contribution is 0.549. The summed E-state index contributed by atoms with van der Waals surface area (Å²) in [5.74, 6) is 7.40. The Hall–Kier alpha value is -0.700. The van der Waals surface area contributed by atoms with E-state index in [-0.39, 0.29) is 0 Å². The molecule has 0 fully saturated rings. The summed E-state index contributed by atoms with van der Waals surface area (Å²) in [4.78, 5) is 0. The Kier molecular flexibility index (Phi) is 4.80. The Bertz CT molecular complexity index is 259. The van der Waals surface area contributed by atoms with Crippen LogP contribution in [0.5, 0.6) is 0 Å². The standard InChI is InChI=1S/C14H22/c1-4-5-6-7-11-14-12(2)9-8-10-13(14)3/h12H,4-6,8-10H2,1-3H3. The monoisotopic (exact) mass is 190 g/mol. The lowest BCUT2D eigenvalue weighted by Crippen LogP contribution is -2.06. The predicted molar refractivity (Wildman–Crippen MR) is 63.0 cm³/mol. The van der Waals surface area contributed by atoms with Crippen molar-refractivity contribution in [3.05, 3.63) is 11.1 Å². The molecule has 0 aliphatic heterocycles. The Morgan fingerprint density at radius 3 is 2.86 bits per heavy atom. The van der Waals surface area contributed by atoms with E-state index >= 15 is 0 Å². The maximum absolute atomic E-state index is 3.39. The summed E-state index contributed by atoms with van der Waals surface area (Å²) in [6, 6.07) is 0. The van der Waals surface area contributed by atoms with E-state index in [0.29, 0.717) is 5.92 Å². The molecule has 1 rings (SSSR count). The van der Waals surface area contributed by atoms with Crippen LogP contribution in [0.1, 0.15) is 59.3 Å². The second-order valence-electron chi connectivity index (χ2n) is 4.39. The van der Waals surface area contributed by atoms with Crippen LogP contribution >= 0.6 is 0 Å². The number of allylic oxidation sites excluding steroid dienone is 2. The zero-order valence-corrected chi connectivity index (χ0v) is 9.82. The van der Waals surface area contributed by atoms with Gasteiger partial charge in [-0.25, -0.2) is 0 Å². The lowest BCUT2D eigenvalue weighted by atomic mass is 9.85. The molecule has 0 N–H and O–H groups in total. The molecule has 0 aromatic rings. The molecular weight excluding hydrogens is 168 g/mol. The van der Waals surface area contributed by atoms with E-state index in [1.54, 1.807) is 0 Å². The summed E-state index contributed by atoms with van der Waals surface area (Å²) in [6.07, 6.45) is 7.51. The van der Waals surface area contributed by atoms with Gasteiger partial charge in [-0.05, 0) is 38.5 Å². The topological polar surface area (TPSA) is 0 Å². The smallest absolute Gasteiger partial charge is 0.00922 e. The first-order chi connectivity index (χ1) is 6.75. The van der Waals surface area contributed by atoms with Gasteiger partial charge in [0.1, 0.15) is 0 Å². The van der Waals surface area contributed by atoms with Crippen molar-refractivity contribution < 1.29 is 0 Å². The molecule has 0 spiro atoms. The Balaban J connectivity index is 2.58. The first kappa shape index (κ1) is 11.4. The van der Waals surface area contributed by atoms with Gasteiger partial charge in [0, 0.05) is 12.0 Å². The van der Waals surface area contributed by atoms with Crippen molar-refractivity contribution in [3.8, 4) is 11.8 Å². The molecule has 0 radical (unpaired) electrons. The third-order valence-corrected chi connectivity index (χ3v) is 3.02. The van der Waals surface area contributed by atoms with Crippen LogP contribution < -0.4 is 0 Å². The van der Waals surface area contributed by atoms with Crippen molar-refractivity contribution in [1.29, 1.82) is 0 Å². The second-order valence-corrected chi connectivity index (χ2v) is 4.39. The molecule has 0 saturated heterocycles. The molecule has 0 saturated carbocycles. The van der Waals surface area contributed by atoms with Crippen molar-refractivity contribution in [2.45, 2.75) is 59.3 Å². The van der Waals surface area contributed by atoms with E-state index in [4.69, 9.17) is 0 Å². The van der Waals surface area contributed by atoms with Crippen molar-refractivity contribution in [3.63, 3.8) is 0 Å². The van der Waals surface area contributed by atoms with E-state index in [9.17, 15) is 0 Å². The first-order valence-corrected chi connectivity index (χ1v) is 5.94. The maximum atomic E-state index is 3.39. The van der Waals surface area contributed by atoms with Crippen LogP contribution in [0.2, 0.25) is 0 Å². The minimum atomic E-state index is 0.706. The van der Waals surface area contributed by atoms with Gasteiger partial charge in [0.05, 0.1) is 0 Å². The quantitative estimate of drug-likeness (QED) is 0.449. The normalized spacial score (nSPS) is 21.8. The Morgan fingerprint density at radius 2 is 2.21 bits per heavy atom. The summed E-state index contributed by atoms with van der Waals surface area (Å²) in [5.41, 5.74) is 2.97. The van der Waals surface area contributed by atoms with Crippen molar-refractivity contribution in [2.75, 3.05) is 0 Å². The van der Waals surface area contributed by atoms with Crippen LogP contribution in [0.25, 0.3) is 0 Å². The van der Waals surface area contributed by atoms with Crippen LogP contribution in [-0.2, 0) is 0 Å². The summed E-state index contributed by atoms with van der Waals surface area (Å²) < 4.78 is 0. The van der Waals surface area contributed by atoms with Crippen molar-refractivity contribution >= 4 is 0 Å². The molecule has 0 heterocycles. The Morgan fingerprint density at radius 1 is 1.43 bits per heavy atom. The fraction of sp³-hybridized carbons (Fsp3) is 0.714. The second kappa shape index (κ2) is 5.91. The highest BCUT2D eigenvalue weighted by atomic mass is 14.2. The maximum Gasteiger partial charge on any atom is 0.00922 e. The van der Waals surface area contributed by atoms with Gasteiger partial charge in [0.25, 0.3) is 0 Å².